The number of rotatable bonds is 3. The van der Waals surface area contributed by atoms with Gasteiger partial charge in [0.2, 0.25) is 0 Å². The molecule has 1 aliphatic rings. The van der Waals surface area contributed by atoms with Gasteiger partial charge in [-0.15, -0.1) is 0 Å². The second-order valence-electron chi connectivity index (χ2n) is 2.88. The van der Waals surface area contributed by atoms with Crippen molar-refractivity contribution >= 4 is 17.8 Å². The van der Waals surface area contributed by atoms with Crippen molar-refractivity contribution in [2.24, 2.45) is 0 Å². The van der Waals surface area contributed by atoms with E-state index in [0.29, 0.717) is 4.90 Å². The smallest absolute Gasteiger partial charge is 0.329 e. The van der Waals surface area contributed by atoms with Crippen LogP contribution >= 0.6 is 0 Å². The normalized spacial score (nSPS) is 18.4. The lowest BCUT2D eigenvalue weighted by atomic mass is 10.2. The Hall–Kier alpha value is -1.69. The average Bonchev–Trinajstić information content (AvgIpc) is 2.32. The third kappa shape index (κ3) is 1.51. The standard InChI is InChI=1S/C8H9NO5/c1-4-2-6(11)9(7(4)12)5(3-10)8(13)14/h2,5,10H,3H2,1H3,(H,13,14). The number of carboxylic acids is 1. The Morgan fingerprint density at radius 2 is 2.14 bits per heavy atom. The number of imide groups is 1. The number of aliphatic hydroxyl groups is 1. The number of nitrogens with zero attached hydrogens (tertiary/aromatic N) is 1. The van der Waals surface area contributed by atoms with E-state index in [-0.39, 0.29) is 5.57 Å². The highest BCUT2D eigenvalue weighted by molar-refractivity contribution is 6.17. The van der Waals surface area contributed by atoms with Crippen LogP contribution in [0.4, 0.5) is 0 Å². The molecule has 0 aromatic heterocycles. The number of amides is 2. The van der Waals surface area contributed by atoms with Gasteiger partial charge in [-0.25, -0.2) is 4.79 Å². The van der Waals surface area contributed by atoms with Crippen molar-refractivity contribution in [2.75, 3.05) is 6.61 Å². The first-order chi connectivity index (χ1) is 6.49. The summed E-state index contributed by atoms with van der Waals surface area (Å²) in [5.74, 6) is -2.78. The summed E-state index contributed by atoms with van der Waals surface area (Å²) in [5, 5.41) is 17.4. The van der Waals surface area contributed by atoms with E-state index in [1.807, 2.05) is 0 Å². The largest absolute Gasteiger partial charge is 0.480 e. The van der Waals surface area contributed by atoms with Gasteiger partial charge in [0.05, 0.1) is 6.61 Å². The maximum Gasteiger partial charge on any atom is 0.329 e. The number of hydrogen-bond acceptors (Lipinski definition) is 4. The van der Waals surface area contributed by atoms with E-state index in [9.17, 15) is 14.4 Å². The number of hydrogen-bond donors (Lipinski definition) is 2. The average molecular weight is 199 g/mol. The highest BCUT2D eigenvalue weighted by Crippen LogP contribution is 2.15. The lowest BCUT2D eigenvalue weighted by Gasteiger charge is -2.20. The number of aliphatic carboxylic acids is 1. The highest BCUT2D eigenvalue weighted by atomic mass is 16.4. The summed E-state index contributed by atoms with van der Waals surface area (Å²) in [5.41, 5.74) is 0.176. The van der Waals surface area contributed by atoms with Gasteiger partial charge in [0, 0.05) is 11.6 Å². The molecule has 1 rings (SSSR count). The van der Waals surface area contributed by atoms with E-state index >= 15 is 0 Å². The summed E-state index contributed by atoms with van der Waals surface area (Å²) >= 11 is 0. The number of carbonyl (C=O) groups is 3. The Labute approximate surface area is 79.4 Å². The SMILES string of the molecule is CC1=CC(=O)N(C(CO)C(=O)O)C1=O. The van der Waals surface area contributed by atoms with Gasteiger partial charge in [-0.3, -0.25) is 14.5 Å². The van der Waals surface area contributed by atoms with Crippen molar-refractivity contribution in [3.05, 3.63) is 11.6 Å². The van der Waals surface area contributed by atoms with Crippen molar-refractivity contribution in [3.8, 4) is 0 Å². The lowest BCUT2D eigenvalue weighted by molar-refractivity contribution is -0.155. The fourth-order valence-corrected chi connectivity index (χ4v) is 1.17. The maximum atomic E-state index is 11.3. The molecule has 0 saturated heterocycles. The first-order valence-corrected chi connectivity index (χ1v) is 3.88. The van der Waals surface area contributed by atoms with E-state index in [2.05, 4.69) is 0 Å². The van der Waals surface area contributed by atoms with Crippen molar-refractivity contribution in [1.29, 1.82) is 0 Å². The first kappa shape index (κ1) is 10.4. The molecule has 2 amide bonds. The predicted octanol–water partition coefficient (Wildman–Crippen LogP) is -1.25. The van der Waals surface area contributed by atoms with Gasteiger partial charge in [-0.1, -0.05) is 0 Å². The number of carboxylic acid groups (broad SMARTS) is 1. The van der Waals surface area contributed by atoms with Gasteiger partial charge >= 0.3 is 5.97 Å². The maximum absolute atomic E-state index is 11.3. The molecule has 0 aromatic carbocycles. The van der Waals surface area contributed by atoms with Gasteiger partial charge < -0.3 is 10.2 Å². The van der Waals surface area contributed by atoms with Crippen LogP contribution in [0.2, 0.25) is 0 Å². The quantitative estimate of drug-likeness (QED) is 0.553. The molecule has 0 aliphatic carbocycles. The fraction of sp³-hybridized carbons (Fsp3) is 0.375. The Morgan fingerprint density at radius 3 is 2.43 bits per heavy atom. The minimum atomic E-state index is -1.50. The minimum Gasteiger partial charge on any atom is -0.480 e. The molecule has 6 heteroatoms. The molecule has 0 radical (unpaired) electrons. The highest BCUT2D eigenvalue weighted by Gasteiger charge is 2.37. The summed E-state index contributed by atoms with van der Waals surface area (Å²) in [4.78, 5) is 33.6. The van der Waals surface area contributed by atoms with E-state index in [1.54, 1.807) is 0 Å². The van der Waals surface area contributed by atoms with Gasteiger partial charge in [0.1, 0.15) is 0 Å². The van der Waals surface area contributed by atoms with Crippen LogP contribution in [0.1, 0.15) is 6.92 Å². The summed E-state index contributed by atoms with van der Waals surface area (Å²) in [6, 6.07) is -1.50. The van der Waals surface area contributed by atoms with E-state index < -0.39 is 30.4 Å². The zero-order valence-electron chi connectivity index (χ0n) is 7.43. The monoisotopic (exact) mass is 199 g/mol. The minimum absolute atomic E-state index is 0.176. The third-order valence-electron chi connectivity index (χ3n) is 1.90. The molecule has 76 valence electrons. The third-order valence-corrected chi connectivity index (χ3v) is 1.90. The van der Waals surface area contributed by atoms with Gasteiger partial charge in [0.25, 0.3) is 11.8 Å². The van der Waals surface area contributed by atoms with Crippen LogP contribution in [-0.4, -0.2) is 45.5 Å². The summed E-state index contributed by atoms with van der Waals surface area (Å²) in [6.07, 6.45) is 1.05. The summed E-state index contributed by atoms with van der Waals surface area (Å²) in [6.45, 7) is 0.629. The molecule has 6 nitrogen and oxygen atoms in total. The van der Waals surface area contributed by atoms with Crippen molar-refractivity contribution in [3.63, 3.8) is 0 Å². The van der Waals surface area contributed by atoms with Gasteiger partial charge in [-0.05, 0) is 6.92 Å². The zero-order chi connectivity index (χ0) is 10.9. The topological polar surface area (TPSA) is 94.9 Å². The zero-order valence-corrected chi connectivity index (χ0v) is 7.43. The summed E-state index contributed by atoms with van der Waals surface area (Å²) in [7, 11) is 0. The molecule has 1 unspecified atom stereocenters. The Morgan fingerprint density at radius 1 is 1.57 bits per heavy atom. The molecule has 1 heterocycles. The van der Waals surface area contributed by atoms with Crippen LogP contribution < -0.4 is 0 Å². The van der Waals surface area contributed by atoms with E-state index in [0.717, 1.165) is 6.08 Å². The van der Waals surface area contributed by atoms with Crippen molar-refractivity contribution in [1.82, 2.24) is 4.90 Å². The van der Waals surface area contributed by atoms with Crippen LogP contribution in [0.5, 0.6) is 0 Å². The second-order valence-corrected chi connectivity index (χ2v) is 2.88. The molecule has 14 heavy (non-hydrogen) atoms. The van der Waals surface area contributed by atoms with Crippen LogP contribution in [0.15, 0.2) is 11.6 Å². The molecular formula is C8H9NO5. The van der Waals surface area contributed by atoms with Gasteiger partial charge in [-0.2, -0.15) is 0 Å². The Bertz CT molecular complexity index is 333. The van der Waals surface area contributed by atoms with Crippen LogP contribution in [0.3, 0.4) is 0 Å². The molecular weight excluding hydrogens is 190 g/mol. The number of carbonyl (C=O) groups excluding carboxylic acids is 2. The van der Waals surface area contributed by atoms with Gasteiger partial charge in [0.15, 0.2) is 6.04 Å². The van der Waals surface area contributed by atoms with Crippen LogP contribution in [0.25, 0.3) is 0 Å². The molecule has 1 aliphatic heterocycles. The molecule has 1 atom stereocenters. The number of aliphatic hydroxyl groups excluding tert-OH is 1. The van der Waals surface area contributed by atoms with Crippen molar-refractivity contribution < 1.29 is 24.6 Å². The fourth-order valence-electron chi connectivity index (χ4n) is 1.17. The van der Waals surface area contributed by atoms with Crippen LogP contribution in [0, 0.1) is 0 Å². The first-order valence-electron chi connectivity index (χ1n) is 3.88. The molecule has 2 N–H and O–H groups in total. The van der Waals surface area contributed by atoms with E-state index in [1.165, 1.54) is 6.92 Å². The molecule has 0 saturated carbocycles. The van der Waals surface area contributed by atoms with Crippen molar-refractivity contribution in [2.45, 2.75) is 13.0 Å². The molecule has 0 aromatic rings. The molecule has 0 spiro atoms. The van der Waals surface area contributed by atoms with E-state index in [4.69, 9.17) is 10.2 Å². The Kier molecular flexibility index (Phi) is 2.66. The lowest BCUT2D eigenvalue weighted by Crippen LogP contribution is -2.47. The Balaban J connectivity index is 2.95. The molecule has 0 fully saturated rings. The second kappa shape index (κ2) is 3.59. The summed E-state index contributed by atoms with van der Waals surface area (Å²) < 4.78 is 0. The molecule has 0 bridgehead atoms. The van der Waals surface area contributed by atoms with Crippen LogP contribution in [-0.2, 0) is 14.4 Å². The predicted molar refractivity (Wildman–Crippen MR) is 44.1 cm³/mol.